The van der Waals surface area contributed by atoms with Crippen LogP contribution in [-0.4, -0.2) is 29.9 Å². The smallest absolute Gasteiger partial charge is 0.254 e. The van der Waals surface area contributed by atoms with Gasteiger partial charge in [0.2, 0.25) is 0 Å². The summed E-state index contributed by atoms with van der Waals surface area (Å²) >= 11 is 0. The molecule has 2 N–H and O–H groups in total. The third-order valence-corrected chi connectivity index (χ3v) is 2.81. The number of hydrogen-bond acceptors (Lipinski definition) is 3. The van der Waals surface area contributed by atoms with Crippen molar-refractivity contribution >= 4 is 11.8 Å². The molecule has 0 radical (unpaired) electrons. The Labute approximate surface area is 125 Å². The molecule has 0 fully saturated rings. The summed E-state index contributed by atoms with van der Waals surface area (Å²) in [5.74, 6) is -2.66. The number of benzene rings is 1. The van der Waals surface area contributed by atoms with E-state index < -0.39 is 17.5 Å². The van der Waals surface area contributed by atoms with Crippen molar-refractivity contribution in [3.63, 3.8) is 0 Å². The lowest BCUT2D eigenvalue weighted by molar-refractivity contribution is 0.0925. The van der Waals surface area contributed by atoms with Gasteiger partial charge >= 0.3 is 0 Å². The third-order valence-electron chi connectivity index (χ3n) is 2.81. The zero-order chi connectivity index (χ0) is 15.9. The number of nitrogens with one attached hydrogen (secondary N) is 2. The Morgan fingerprint density at radius 2 is 1.59 bits per heavy atom. The van der Waals surface area contributed by atoms with Crippen molar-refractivity contribution in [2.75, 3.05) is 13.1 Å². The van der Waals surface area contributed by atoms with Crippen LogP contribution < -0.4 is 10.6 Å². The van der Waals surface area contributed by atoms with Gasteiger partial charge in [0.25, 0.3) is 11.8 Å². The maximum Gasteiger partial charge on any atom is 0.254 e. The molecule has 2 aromatic rings. The number of nitrogens with zero attached hydrogens (tertiary/aromatic N) is 1. The Hall–Kier alpha value is -2.83. The second-order valence-electron chi connectivity index (χ2n) is 4.37. The third kappa shape index (κ3) is 4.08. The maximum absolute atomic E-state index is 13.4. The molecule has 7 heteroatoms. The van der Waals surface area contributed by atoms with Gasteiger partial charge in [-0.2, -0.15) is 0 Å². The molecule has 0 saturated heterocycles. The van der Waals surface area contributed by atoms with Crippen molar-refractivity contribution in [2.24, 2.45) is 0 Å². The number of amides is 2. The first-order chi connectivity index (χ1) is 10.6. The second-order valence-corrected chi connectivity index (χ2v) is 4.37. The predicted molar refractivity (Wildman–Crippen MR) is 75.3 cm³/mol. The molecule has 0 saturated carbocycles. The molecule has 1 aromatic heterocycles. The van der Waals surface area contributed by atoms with E-state index in [0.29, 0.717) is 11.6 Å². The van der Waals surface area contributed by atoms with Crippen LogP contribution in [0.2, 0.25) is 0 Å². The van der Waals surface area contributed by atoms with E-state index in [1.165, 1.54) is 12.4 Å². The number of carbonyl (C=O) groups is 2. The average Bonchev–Trinajstić information content (AvgIpc) is 2.52. The van der Waals surface area contributed by atoms with Crippen LogP contribution in [0.4, 0.5) is 8.78 Å². The standard InChI is InChI=1S/C15H13F2N3O2/c16-11-1-2-12(13(17)9-11)15(22)20-8-7-19-14(21)10-3-5-18-6-4-10/h1-6,9H,7-8H2,(H,19,21)(H,20,22). The van der Waals surface area contributed by atoms with E-state index in [-0.39, 0.29) is 24.6 Å². The number of pyridine rings is 1. The van der Waals surface area contributed by atoms with E-state index in [1.54, 1.807) is 12.1 Å². The van der Waals surface area contributed by atoms with E-state index in [9.17, 15) is 18.4 Å². The molecular weight excluding hydrogens is 292 g/mol. The molecule has 22 heavy (non-hydrogen) atoms. The topological polar surface area (TPSA) is 71.1 Å². The lowest BCUT2D eigenvalue weighted by Gasteiger charge is -2.07. The first kappa shape index (κ1) is 15.6. The molecule has 0 atom stereocenters. The van der Waals surface area contributed by atoms with E-state index in [2.05, 4.69) is 15.6 Å². The Kier molecular flexibility index (Phi) is 5.13. The van der Waals surface area contributed by atoms with Crippen LogP contribution in [0, 0.1) is 11.6 Å². The Bertz CT molecular complexity index is 678. The zero-order valence-electron chi connectivity index (χ0n) is 11.5. The number of halogens is 2. The van der Waals surface area contributed by atoms with Crippen LogP contribution in [-0.2, 0) is 0 Å². The molecule has 0 unspecified atom stereocenters. The first-order valence-electron chi connectivity index (χ1n) is 6.49. The molecule has 0 aliphatic carbocycles. The number of hydrogen-bond donors (Lipinski definition) is 2. The fourth-order valence-corrected chi connectivity index (χ4v) is 1.73. The van der Waals surface area contributed by atoms with Gasteiger partial charge < -0.3 is 10.6 Å². The number of rotatable bonds is 5. The summed E-state index contributed by atoms with van der Waals surface area (Å²) < 4.78 is 26.1. The van der Waals surface area contributed by atoms with Crippen molar-refractivity contribution in [1.82, 2.24) is 15.6 Å². The minimum absolute atomic E-state index is 0.118. The first-order valence-corrected chi connectivity index (χ1v) is 6.49. The van der Waals surface area contributed by atoms with Crippen molar-refractivity contribution in [1.29, 1.82) is 0 Å². The van der Waals surface area contributed by atoms with Gasteiger partial charge in [0.05, 0.1) is 5.56 Å². The van der Waals surface area contributed by atoms with Gasteiger partial charge in [-0.05, 0) is 24.3 Å². The lowest BCUT2D eigenvalue weighted by atomic mass is 10.2. The van der Waals surface area contributed by atoms with Gasteiger partial charge in [-0.15, -0.1) is 0 Å². The fraction of sp³-hybridized carbons (Fsp3) is 0.133. The van der Waals surface area contributed by atoms with Crippen molar-refractivity contribution < 1.29 is 18.4 Å². The summed E-state index contributed by atoms with van der Waals surface area (Å²) in [5, 5.41) is 5.03. The summed E-state index contributed by atoms with van der Waals surface area (Å²) in [6.07, 6.45) is 2.99. The van der Waals surface area contributed by atoms with Gasteiger partial charge in [0.15, 0.2) is 0 Å². The molecule has 1 aromatic carbocycles. The van der Waals surface area contributed by atoms with E-state index in [0.717, 1.165) is 12.1 Å². The van der Waals surface area contributed by atoms with Gasteiger partial charge in [0, 0.05) is 37.1 Å². The molecule has 0 spiro atoms. The van der Waals surface area contributed by atoms with Gasteiger partial charge in [0.1, 0.15) is 11.6 Å². The van der Waals surface area contributed by atoms with E-state index in [4.69, 9.17) is 0 Å². The quantitative estimate of drug-likeness (QED) is 0.823. The summed E-state index contributed by atoms with van der Waals surface area (Å²) in [5.41, 5.74) is 0.202. The van der Waals surface area contributed by atoms with Crippen LogP contribution in [0.5, 0.6) is 0 Å². The molecule has 0 aliphatic rings. The monoisotopic (exact) mass is 305 g/mol. The van der Waals surface area contributed by atoms with Crippen LogP contribution in [0.25, 0.3) is 0 Å². The highest BCUT2D eigenvalue weighted by atomic mass is 19.1. The number of aromatic nitrogens is 1. The molecule has 0 bridgehead atoms. The van der Waals surface area contributed by atoms with Crippen molar-refractivity contribution in [3.8, 4) is 0 Å². The van der Waals surface area contributed by atoms with Crippen molar-refractivity contribution in [3.05, 3.63) is 65.5 Å². The zero-order valence-corrected chi connectivity index (χ0v) is 11.5. The lowest BCUT2D eigenvalue weighted by Crippen LogP contribution is -2.35. The number of carbonyl (C=O) groups excluding carboxylic acids is 2. The van der Waals surface area contributed by atoms with Gasteiger partial charge in [-0.25, -0.2) is 8.78 Å². The Balaban J connectivity index is 1.79. The van der Waals surface area contributed by atoms with Crippen LogP contribution in [0.15, 0.2) is 42.7 Å². The summed E-state index contributed by atoms with van der Waals surface area (Å²) in [7, 11) is 0. The highest BCUT2D eigenvalue weighted by Crippen LogP contribution is 2.08. The van der Waals surface area contributed by atoms with E-state index >= 15 is 0 Å². The summed E-state index contributed by atoms with van der Waals surface area (Å²) in [4.78, 5) is 27.2. The predicted octanol–water partition coefficient (Wildman–Crippen LogP) is 1.52. The summed E-state index contributed by atoms with van der Waals surface area (Å²) in [6, 6.07) is 5.82. The van der Waals surface area contributed by atoms with E-state index in [1.807, 2.05) is 0 Å². The minimum Gasteiger partial charge on any atom is -0.350 e. The molecular formula is C15H13F2N3O2. The fourth-order valence-electron chi connectivity index (χ4n) is 1.73. The Morgan fingerprint density at radius 3 is 2.23 bits per heavy atom. The molecule has 2 rings (SSSR count). The summed E-state index contributed by atoms with van der Waals surface area (Å²) in [6.45, 7) is 0.294. The van der Waals surface area contributed by atoms with Gasteiger partial charge in [-0.1, -0.05) is 0 Å². The largest absolute Gasteiger partial charge is 0.350 e. The SMILES string of the molecule is O=C(NCCNC(=O)c1ccc(F)cc1F)c1ccncc1. The van der Waals surface area contributed by atoms with Crippen molar-refractivity contribution in [2.45, 2.75) is 0 Å². The van der Waals surface area contributed by atoms with Crippen LogP contribution in [0.1, 0.15) is 20.7 Å². The van der Waals surface area contributed by atoms with Crippen LogP contribution >= 0.6 is 0 Å². The molecule has 5 nitrogen and oxygen atoms in total. The molecule has 1 heterocycles. The second kappa shape index (κ2) is 7.26. The Morgan fingerprint density at radius 1 is 0.955 bits per heavy atom. The highest BCUT2D eigenvalue weighted by Gasteiger charge is 2.12. The highest BCUT2D eigenvalue weighted by molar-refractivity contribution is 5.95. The minimum atomic E-state index is -0.932. The normalized spacial score (nSPS) is 10.1. The van der Waals surface area contributed by atoms with Crippen LogP contribution in [0.3, 0.4) is 0 Å². The maximum atomic E-state index is 13.4. The molecule has 114 valence electrons. The molecule has 0 aliphatic heterocycles. The molecule has 2 amide bonds. The average molecular weight is 305 g/mol. The van der Waals surface area contributed by atoms with Gasteiger partial charge in [-0.3, -0.25) is 14.6 Å².